The van der Waals surface area contributed by atoms with Gasteiger partial charge in [-0.25, -0.2) is 0 Å². The third-order valence-corrected chi connectivity index (χ3v) is 4.77. The molecule has 0 saturated carbocycles. The van der Waals surface area contributed by atoms with E-state index in [1.165, 1.54) is 35.6 Å². The lowest BCUT2D eigenvalue weighted by molar-refractivity contribution is 0.147. The first-order valence-corrected chi connectivity index (χ1v) is 9.56. The number of hydrogen-bond donors (Lipinski definition) is 0. The van der Waals surface area contributed by atoms with Crippen molar-refractivity contribution in [1.29, 1.82) is 0 Å². The van der Waals surface area contributed by atoms with E-state index in [-0.39, 0.29) is 0 Å². The zero-order valence-corrected chi connectivity index (χ0v) is 15.8. The Kier molecular flexibility index (Phi) is 7.90. The summed E-state index contributed by atoms with van der Waals surface area (Å²) in [5.41, 5.74) is 1.39. The van der Waals surface area contributed by atoms with Gasteiger partial charge in [-0.2, -0.15) is 0 Å². The van der Waals surface area contributed by atoms with Crippen molar-refractivity contribution in [2.75, 3.05) is 25.7 Å². The predicted molar refractivity (Wildman–Crippen MR) is 102 cm³/mol. The molecule has 0 heterocycles. The maximum Gasteiger partial charge on any atom is 0.127 e. The van der Waals surface area contributed by atoms with Gasteiger partial charge >= 0.3 is 0 Å². The number of ether oxygens (including phenoxy) is 2. The zero-order chi connectivity index (χ0) is 16.5. The van der Waals surface area contributed by atoms with Crippen molar-refractivity contribution < 1.29 is 9.47 Å². The van der Waals surface area contributed by atoms with Crippen molar-refractivity contribution in [3.63, 3.8) is 0 Å². The van der Waals surface area contributed by atoms with Gasteiger partial charge in [-0.05, 0) is 54.7 Å². The standard InChI is InChI=1S/C20H27BrO2/c1-16(5-4-12-21)8-9-17-10-11-18-6-3-7-20(19(18)15-17)23-14-13-22-2/h3,6-7,10-11,15-16H,4-5,8-9,12-14H2,1-2H3. The topological polar surface area (TPSA) is 18.5 Å². The average Bonchev–Trinajstić information content (AvgIpc) is 2.58. The SMILES string of the molecule is COCCOc1cccc2ccc(CCC(C)CCCBr)cc12. The average molecular weight is 379 g/mol. The maximum atomic E-state index is 5.86. The summed E-state index contributed by atoms with van der Waals surface area (Å²) < 4.78 is 10.9. The summed E-state index contributed by atoms with van der Waals surface area (Å²) in [6.45, 7) is 3.55. The fourth-order valence-corrected chi connectivity index (χ4v) is 3.11. The number of aryl methyl sites for hydroxylation is 1. The number of alkyl halides is 1. The Labute approximate surface area is 148 Å². The van der Waals surface area contributed by atoms with Crippen molar-refractivity contribution in [1.82, 2.24) is 0 Å². The molecule has 126 valence electrons. The smallest absolute Gasteiger partial charge is 0.127 e. The summed E-state index contributed by atoms with van der Waals surface area (Å²) in [7, 11) is 1.70. The molecular formula is C20H27BrO2. The van der Waals surface area contributed by atoms with Crippen LogP contribution < -0.4 is 4.74 Å². The Balaban J connectivity index is 2.05. The fourth-order valence-electron chi connectivity index (χ4n) is 2.79. The van der Waals surface area contributed by atoms with Gasteiger partial charge in [0.25, 0.3) is 0 Å². The number of benzene rings is 2. The van der Waals surface area contributed by atoms with Crippen molar-refractivity contribution in [3.05, 3.63) is 42.0 Å². The highest BCUT2D eigenvalue weighted by Crippen LogP contribution is 2.27. The van der Waals surface area contributed by atoms with Crippen LogP contribution in [0.2, 0.25) is 0 Å². The summed E-state index contributed by atoms with van der Waals surface area (Å²) >= 11 is 3.51. The first-order valence-electron chi connectivity index (χ1n) is 8.44. The molecule has 0 radical (unpaired) electrons. The minimum Gasteiger partial charge on any atom is -0.491 e. The molecule has 0 aliphatic heterocycles. The van der Waals surface area contributed by atoms with E-state index >= 15 is 0 Å². The van der Waals surface area contributed by atoms with Crippen molar-refractivity contribution in [2.45, 2.75) is 32.6 Å². The molecule has 0 fully saturated rings. The Hall–Kier alpha value is -1.06. The molecule has 2 nitrogen and oxygen atoms in total. The number of hydrogen-bond acceptors (Lipinski definition) is 2. The van der Waals surface area contributed by atoms with Gasteiger partial charge in [-0.15, -0.1) is 0 Å². The van der Waals surface area contributed by atoms with Gasteiger partial charge in [0.05, 0.1) is 6.61 Å². The molecule has 2 rings (SSSR count). The van der Waals surface area contributed by atoms with E-state index in [9.17, 15) is 0 Å². The summed E-state index contributed by atoms with van der Waals surface area (Å²) in [4.78, 5) is 0. The Morgan fingerprint density at radius 3 is 2.74 bits per heavy atom. The van der Waals surface area contributed by atoms with Gasteiger partial charge in [-0.3, -0.25) is 0 Å². The molecule has 2 aromatic rings. The minimum absolute atomic E-state index is 0.587. The number of fused-ring (bicyclic) bond motifs is 1. The van der Waals surface area contributed by atoms with Crippen LogP contribution in [0.4, 0.5) is 0 Å². The van der Waals surface area contributed by atoms with Crippen LogP contribution in [0.3, 0.4) is 0 Å². The third kappa shape index (κ3) is 5.82. The minimum atomic E-state index is 0.587. The van der Waals surface area contributed by atoms with Crippen LogP contribution in [0.1, 0.15) is 31.7 Å². The van der Waals surface area contributed by atoms with Crippen LogP contribution in [-0.4, -0.2) is 25.7 Å². The summed E-state index contributed by atoms with van der Waals surface area (Å²) in [6.07, 6.45) is 4.93. The van der Waals surface area contributed by atoms with Gasteiger partial charge in [0.1, 0.15) is 12.4 Å². The molecule has 1 atom stereocenters. The van der Waals surface area contributed by atoms with Crippen LogP contribution in [0.5, 0.6) is 5.75 Å². The molecule has 0 N–H and O–H groups in total. The van der Waals surface area contributed by atoms with Crippen molar-refractivity contribution in [2.24, 2.45) is 5.92 Å². The number of rotatable bonds is 10. The van der Waals surface area contributed by atoms with E-state index in [1.807, 2.05) is 12.1 Å². The second-order valence-electron chi connectivity index (χ2n) is 6.13. The fraction of sp³-hybridized carbons (Fsp3) is 0.500. The Bertz CT molecular complexity index is 597. The first-order chi connectivity index (χ1) is 11.2. The van der Waals surface area contributed by atoms with Crippen LogP contribution in [0.15, 0.2) is 36.4 Å². The highest BCUT2D eigenvalue weighted by atomic mass is 79.9. The highest BCUT2D eigenvalue weighted by Gasteiger charge is 2.06. The predicted octanol–water partition coefficient (Wildman–Crippen LogP) is 5.61. The van der Waals surface area contributed by atoms with Gasteiger partial charge in [0.2, 0.25) is 0 Å². The highest BCUT2D eigenvalue weighted by molar-refractivity contribution is 9.09. The van der Waals surface area contributed by atoms with Crippen LogP contribution in [-0.2, 0) is 11.2 Å². The molecule has 0 amide bonds. The molecular weight excluding hydrogens is 352 g/mol. The van der Waals surface area contributed by atoms with E-state index < -0.39 is 0 Å². The molecule has 0 aromatic heterocycles. The van der Waals surface area contributed by atoms with Gasteiger partial charge in [0, 0.05) is 17.8 Å². The molecule has 0 saturated heterocycles. The van der Waals surface area contributed by atoms with Crippen molar-refractivity contribution in [3.8, 4) is 5.75 Å². The van der Waals surface area contributed by atoms with E-state index in [0.29, 0.717) is 13.2 Å². The van der Waals surface area contributed by atoms with Crippen LogP contribution in [0, 0.1) is 5.92 Å². The molecule has 2 aromatic carbocycles. The summed E-state index contributed by atoms with van der Waals surface area (Å²) in [5.74, 6) is 1.73. The Morgan fingerprint density at radius 2 is 1.96 bits per heavy atom. The second kappa shape index (κ2) is 9.94. The number of methoxy groups -OCH3 is 1. The first kappa shape index (κ1) is 18.3. The molecule has 0 aliphatic carbocycles. The van der Waals surface area contributed by atoms with Gasteiger partial charge < -0.3 is 9.47 Å². The van der Waals surface area contributed by atoms with E-state index in [0.717, 1.165) is 23.4 Å². The number of halogens is 1. The van der Waals surface area contributed by atoms with E-state index in [2.05, 4.69) is 47.1 Å². The van der Waals surface area contributed by atoms with Crippen LogP contribution >= 0.6 is 15.9 Å². The summed E-state index contributed by atoms with van der Waals surface area (Å²) in [6, 6.07) is 13.0. The lowest BCUT2D eigenvalue weighted by Gasteiger charge is -2.12. The van der Waals surface area contributed by atoms with E-state index in [4.69, 9.17) is 9.47 Å². The summed E-state index contributed by atoms with van der Waals surface area (Å²) in [5, 5.41) is 3.54. The second-order valence-corrected chi connectivity index (χ2v) is 6.92. The van der Waals surface area contributed by atoms with Crippen LogP contribution in [0.25, 0.3) is 10.8 Å². The van der Waals surface area contributed by atoms with Gasteiger partial charge in [-0.1, -0.05) is 47.1 Å². The quantitative estimate of drug-likeness (QED) is 0.395. The maximum absolute atomic E-state index is 5.86. The molecule has 0 bridgehead atoms. The zero-order valence-electron chi connectivity index (χ0n) is 14.2. The lowest BCUT2D eigenvalue weighted by atomic mass is 9.96. The molecule has 0 spiro atoms. The molecule has 3 heteroatoms. The largest absolute Gasteiger partial charge is 0.491 e. The molecule has 0 aliphatic rings. The molecule has 23 heavy (non-hydrogen) atoms. The Morgan fingerprint density at radius 1 is 1.09 bits per heavy atom. The van der Waals surface area contributed by atoms with E-state index in [1.54, 1.807) is 7.11 Å². The normalized spacial score (nSPS) is 12.5. The monoisotopic (exact) mass is 378 g/mol. The third-order valence-electron chi connectivity index (χ3n) is 4.21. The van der Waals surface area contributed by atoms with Gasteiger partial charge in [0.15, 0.2) is 0 Å². The lowest BCUT2D eigenvalue weighted by Crippen LogP contribution is -2.04. The van der Waals surface area contributed by atoms with Crippen molar-refractivity contribution >= 4 is 26.7 Å². The molecule has 1 unspecified atom stereocenters.